The molecule has 0 spiro atoms. The number of hydrogen-bond acceptors (Lipinski definition) is 3. The summed E-state index contributed by atoms with van der Waals surface area (Å²) in [6.07, 6.45) is 0.837. The maximum Gasteiger partial charge on any atom is 0.270 e. The minimum atomic E-state index is 0.00108. The number of nitrogens with zero attached hydrogens (tertiary/aromatic N) is 4. The van der Waals surface area contributed by atoms with Crippen molar-refractivity contribution in [3.05, 3.63) is 83.6 Å². The first-order valence-electron chi connectivity index (χ1n) is 9.50. The highest BCUT2D eigenvalue weighted by atomic mass is 16.2. The summed E-state index contributed by atoms with van der Waals surface area (Å²) in [6, 6.07) is 20.3. The molecule has 1 amide bonds. The molecule has 3 heterocycles. The van der Waals surface area contributed by atoms with Crippen molar-refractivity contribution in [1.82, 2.24) is 24.6 Å². The van der Waals surface area contributed by atoms with Gasteiger partial charge in [-0.3, -0.25) is 4.79 Å². The topological polar surface area (TPSA) is 66.8 Å². The number of hydrogen-bond donors (Lipinski definition) is 1. The van der Waals surface area contributed by atoms with Crippen LogP contribution in [0.4, 0.5) is 0 Å². The van der Waals surface area contributed by atoms with E-state index in [1.807, 2.05) is 60.4 Å². The number of amides is 1. The van der Waals surface area contributed by atoms with Gasteiger partial charge >= 0.3 is 0 Å². The molecule has 1 N–H and O–H groups in total. The number of para-hydroxylation sites is 1. The van der Waals surface area contributed by atoms with E-state index in [0.717, 1.165) is 29.0 Å². The maximum absolute atomic E-state index is 13.2. The highest BCUT2D eigenvalue weighted by Gasteiger charge is 2.31. The van der Waals surface area contributed by atoms with Crippen LogP contribution in [-0.4, -0.2) is 37.1 Å². The molecular formula is C22H21N5O. The summed E-state index contributed by atoms with van der Waals surface area (Å²) in [6.45, 7) is 3.08. The Labute approximate surface area is 162 Å². The Morgan fingerprint density at radius 1 is 1.11 bits per heavy atom. The number of aromatic nitrogens is 4. The molecule has 2 aromatic carbocycles. The number of nitrogens with one attached hydrogen (secondary N) is 1. The molecule has 4 aromatic rings. The second-order valence-electron chi connectivity index (χ2n) is 7.33. The van der Waals surface area contributed by atoms with E-state index in [1.54, 1.807) is 0 Å². The molecule has 0 saturated carbocycles. The zero-order valence-electron chi connectivity index (χ0n) is 15.7. The number of benzene rings is 2. The summed E-state index contributed by atoms with van der Waals surface area (Å²) >= 11 is 0. The Morgan fingerprint density at radius 3 is 2.71 bits per heavy atom. The molecule has 28 heavy (non-hydrogen) atoms. The molecule has 0 radical (unpaired) electrons. The smallest absolute Gasteiger partial charge is 0.270 e. The lowest BCUT2D eigenvalue weighted by molar-refractivity contribution is 0.0667. The van der Waals surface area contributed by atoms with Crippen molar-refractivity contribution in [2.75, 3.05) is 6.54 Å². The van der Waals surface area contributed by atoms with Gasteiger partial charge in [0.25, 0.3) is 5.91 Å². The summed E-state index contributed by atoms with van der Waals surface area (Å²) in [7, 11) is 0. The third kappa shape index (κ3) is 2.87. The van der Waals surface area contributed by atoms with Crippen molar-refractivity contribution in [2.24, 2.45) is 0 Å². The van der Waals surface area contributed by atoms with Crippen molar-refractivity contribution in [2.45, 2.75) is 25.9 Å². The first kappa shape index (κ1) is 16.7. The number of carbonyl (C=O) groups is 1. The summed E-state index contributed by atoms with van der Waals surface area (Å²) in [4.78, 5) is 18.4. The predicted molar refractivity (Wildman–Crippen MR) is 107 cm³/mol. The fourth-order valence-corrected chi connectivity index (χ4v) is 4.12. The van der Waals surface area contributed by atoms with Crippen LogP contribution in [0, 0.1) is 6.92 Å². The maximum atomic E-state index is 13.2. The number of H-pyrrole nitrogens is 1. The number of carbonyl (C=O) groups excluding carboxylic acids is 1. The van der Waals surface area contributed by atoms with Gasteiger partial charge in [-0.05, 0) is 31.0 Å². The molecular weight excluding hydrogens is 350 g/mol. The van der Waals surface area contributed by atoms with Crippen molar-refractivity contribution in [3.63, 3.8) is 0 Å². The second-order valence-corrected chi connectivity index (χ2v) is 7.33. The monoisotopic (exact) mass is 371 g/mol. The van der Waals surface area contributed by atoms with Gasteiger partial charge in [0, 0.05) is 17.4 Å². The van der Waals surface area contributed by atoms with Gasteiger partial charge in [-0.15, -0.1) is 10.2 Å². The van der Waals surface area contributed by atoms with Gasteiger partial charge in [-0.25, -0.2) is 0 Å². The van der Waals surface area contributed by atoms with Crippen molar-refractivity contribution >= 4 is 16.8 Å². The molecule has 6 nitrogen and oxygen atoms in total. The van der Waals surface area contributed by atoms with Gasteiger partial charge in [-0.1, -0.05) is 48.5 Å². The van der Waals surface area contributed by atoms with Gasteiger partial charge < -0.3 is 14.5 Å². The van der Waals surface area contributed by atoms with E-state index >= 15 is 0 Å². The molecule has 0 aliphatic carbocycles. The SMILES string of the molecule is Cc1nnc2n1[C@H](Cc1ccccc1)CN(C(=O)c1cc3ccccc3[nH]1)C2. The molecule has 1 aliphatic heterocycles. The van der Waals surface area contributed by atoms with Gasteiger partial charge in [0.15, 0.2) is 5.82 Å². The van der Waals surface area contributed by atoms with E-state index < -0.39 is 0 Å². The Hall–Kier alpha value is -3.41. The molecule has 0 unspecified atom stereocenters. The minimum absolute atomic E-state index is 0.00108. The van der Waals surface area contributed by atoms with E-state index in [4.69, 9.17) is 0 Å². The highest BCUT2D eigenvalue weighted by Crippen LogP contribution is 2.27. The van der Waals surface area contributed by atoms with Crippen LogP contribution >= 0.6 is 0 Å². The van der Waals surface area contributed by atoms with Gasteiger partial charge in [0.1, 0.15) is 11.5 Å². The Morgan fingerprint density at radius 2 is 1.89 bits per heavy atom. The van der Waals surface area contributed by atoms with E-state index in [-0.39, 0.29) is 11.9 Å². The fraction of sp³-hybridized carbons (Fsp3) is 0.227. The molecule has 140 valence electrons. The van der Waals surface area contributed by atoms with Gasteiger partial charge in [0.05, 0.1) is 12.6 Å². The lowest BCUT2D eigenvalue weighted by Gasteiger charge is -2.34. The van der Waals surface area contributed by atoms with E-state index in [0.29, 0.717) is 18.8 Å². The van der Waals surface area contributed by atoms with Crippen LogP contribution in [-0.2, 0) is 13.0 Å². The third-order valence-corrected chi connectivity index (χ3v) is 5.43. The largest absolute Gasteiger partial charge is 0.351 e. The van der Waals surface area contributed by atoms with Gasteiger partial charge in [-0.2, -0.15) is 0 Å². The average Bonchev–Trinajstić information content (AvgIpc) is 3.32. The summed E-state index contributed by atoms with van der Waals surface area (Å²) in [5, 5.41) is 9.63. The van der Waals surface area contributed by atoms with E-state index in [2.05, 4.69) is 31.9 Å². The Bertz CT molecular complexity index is 1110. The molecule has 1 atom stereocenters. The molecule has 5 rings (SSSR count). The third-order valence-electron chi connectivity index (χ3n) is 5.43. The summed E-state index contributed by atoms with van der Waals surface area (Å²) < 4.78 is 2.18. The number of aromatic amines is 1. The van der Waals surface area contributed by atoms with Crippen LogP contribution in [0.3, 0.4) is 0 Å². The lowest BCUT2D eigenvalue weighted by Crippen LogP contribution is -2.42. The molecule has 0 saturated heterocycles. The van der Waals surface area contributed by atoms with Crippen molar-refractivity contribution in [1.29, 1.82) is 0 Å². The standard InChI is InChI=1S/C22H21N5O/c1-15-24-25-21-14-26(13-18(27(15)21)11-16-7-3-2-4-8-16)22(28)20-12-17-9-5-6-10-19(17)23-20/h2-10,12,18,23H,11,13-14H2,1H3/t18-/m1/s1. The number of fused-ring (bicyclic) bond motifs is 2. The summed E-state index contributed by atoms with van der Waals surface area (Å²) in [5.74, 6) is 1.74. The summed E-state index contributed by atoms with van der Waals surface area (Å²) in [5.41, 5.74) is 2.83. The molecule has 0 bridgehead atoms. The Kier molecular flexibility index (Phi) is 3.97. The molecule has 0 fully saturated rings. The fourth-order valence-electron chi connectivity index (χ4n) is 4.12. The second kappa shape index (κ2) is 6.64. The number of aryl methyl sites for hydroxylation is 1. The van der Waals surface area contributed by atoms with Crippen molar-refractivity contribution in [3.8, 4) is 0 Å². The zero-order valence-corrected chi connectivity index (χ0v) is 15.7. The zero-order chi connectivity index (χ0) is 19.1. The lowest BCUT2D eigenvalue weighted by atomic mass is 10.0. The predicted octanol–water partition coefficient (Wildman–Crippen LogP) is 3.51. The molecule has 6 heteroatoms. The molecule has 1 aliphatic rings. The highest BCUT2D eigenvalue weighted by molar-refractivity contribution is 5.98. The van der Waals surface area contributed by atoms with Crippen LogP contribution in [0.1, 0.15) is 33.7 Å². The normalized spacial score (nSPS) is 16.3. The van der Waals surface area contributed by atoms with Crippen LogP contribution in [0.2, 0.25) is 0 Å². The minimum Gasteiger partial charge on any atom is -0.351 e. The van der Waals surface area contributed by atoms with E-state index in [9.17, 15) is 4.79 Å². The van der Waals surface area contributed by atoms with Crippen LogP contribution in [0.5, 0.6) is 0 Å². The van der Waals surface area contributed by atoms with Gasteiger partial charge in [0.2, 0.25) is 0 Å². The van der Waals surface area contributed by atoms with Crippen LogP contribution in [0.25, 0.3) is 10.9 Å². The van der Waals surface area contributed by atoms with Crippen molar-refractivity contribution < 1.29 is 4.79 Å². The average molecular weight is 371 g/mol. The van der Waals surface area contributed by atoms with Crippen LogP contribution < -0.4 is 0 Å². The first-order valence-corrected chi connectivity index (χ1v) is 9.50. The molecule has 2 aromatic heterocycles. The number of rotatable bonds is 3. The first-order chi connectivity index (χ1) is 13.7. The van der Waals surface area contributed by atoms with Crippen LogP contribution in [0.15, 0.2) is 60.7 Å². The quantitative estimate of drug-likeness (QED) is 0.599. The Balaban J connectivity index is 1.46. The van der Waals surface area contributed by atoms with E-state index in [1.165, 1.54) is 5.56 Å².